The summed E-state index contributed by atoms with van der Waals surface area (Å²) in [6.07, 6.45) is -0.941. The van der Waals surface area contributed by atoms with Crippen LogP contribution >= 0.6 is 0 Å². The van der Waals surface area contributed by atoms with Gasteiger partial charge in [0, 0.05) is 0 Å². The molecule has 0 aromatic heterocycles. The van der Waals surface area contributed by atoms with Crippen molar-refractivity contribution < 1.29 is 28.7 Å². The highest BCUT2D eigenvalue weighted by atomic mass is 16.6. The molecule has 0 radical (unpaired) electrons. The Hall–Kier alpha value is -2.96. The number of hydrogen-bond donors (Lipinski definition) is 0. The number of para-hydroxylation sites is 1. The number of carbonyl (C=O) groups excluding carboxylic acids is 4. The summed E-state index contributed by atoms with van der Waals surface area (Å²) < 4.78 is 10.6. The molecular weight excluding hydrogens is 362 g/mol. The molecule has 4 atom stereocenters. The molecule has 28 heavy (non-hydrogen) atoms. The lowest BCUT2D eigenvalue weighted by Crippen LogP contribution is -2.60. The van der Waals surface area contributed by atoms with Crippen molar-refractivity contribution in [3.8, 4) is 0 Å². The van der Waals surface area contributed by atoms with Crippen LogP contribution in [0.3, 0.4) is 0 Å². The molecule has 4 unspecified atom stereocenters. The molecule has 3 aliphatic heterocycles. The normalized spacial score (nSPS) is 31.2. The first-order valence-corrected chi connectivity index (χ1v) is 9.28. The third kappa shape index (κ3) is 2.10. The summed E-state index contributed by atoms with van der Waals surface area (Å²) in [5, 5.41) is 0. The number of anilines is 1. The number of ether oxygens (including phenoxy) is 2. The topological polar surface area (TPSA) is 90.0 Å². The SMILES string of the molecule is CCOC(=O)C1=C(C)C2OC(=O)C1(C)C1C(=O)N(c3ccccc3C)C(=O)C21. The third-order valence-electron chi connectivity index (χ3n) is 6.13. The quantitative estimate of drug-likeness (QED) is 0.585. The summed E-state index contributed by atoms with van der Waals surface area (Å²) in [5.74, 6) is -4.03. The molecule has 1 aromatic rings. The maximum absolute atomic E-state index is 13.4. The summed E-state index contributed by atoms with van der Waals surface area (Å²) in [6, 6.07) is 7.07. The Balaban J connectivity index is 1.88. The van der Waals surface area contributed by atoms with E-state index in [1.165, 1.54) is 6.92 Å². The number of nitrogens with zero attached hydrogens (tertiary/aromatic N) is 1. The van der Waals surface area contributed by atoms with Crippen LogP contribution < -0.4 is 4.90 Å². The molecule has 7 heteroatoms. The molecule has 0 spiro atoms. The highest BCUT2D eigenvalue weighted by Crippen LogP contribution is 2.58. The summed E-state index contributed by atoms with van der Waals surface area (Å²) in [4.78, 5) is 53.2. The van der Waals surface area contributed by atoms with Crippen LogP contribution in [0.4, 0.5) is 5.69 Å². The minimum Gasteiger partial charge on any atom is -0.463 e. The van der Waals surface area contributed by atoms with Crippen LogP contribution in [-0.2, 0) is 28.7 Å². The molecule has 2 fully saturated rings. The number of aryl methyl sites for hydroxylation is 1. The van der Waals surface area contributed by atoms with Crippen molar-refractivity contribution in [2.24, 2.45) is 17.3 Å². The fraction of sp³-hybridized carbons (Fsp3) is 0.429. The summed E-state index contributed by atoms with van der Waals surface area (Å²) in [7, 11) is 0. The molecule has 5 rings (SSSR count). The van der Waals surface area contributed by atoms with Crippen LogP contribution in [0.25, 0.3) is 0 Å². The van der Waals surface area contributed by atoms with E-state index in [-0.39, 0.29) is 12.2 Å². The Morgan fingerprint density at radius 3 is 2.50 bits per heavy atom. The van der Waals surface area contributed by atoms with Gasteiger partial charge in [0.25, 0.3) is 0 Å². The molecule has 7 nitrogen and oxygen atoms in total. The van der Waals surface area contributed by atoms with Crippen molar-refractivity contribution >= 4 is 29.4 Å². The zero-order chi connectivity index (χ0) is 20.4. The zero-order valence-corrected chi connectivity index (χ0v) is 16.1. The Bertz CT molecular complexity index is 963. The van der Waals surface area contributed by atoms with E-state index in [1.54, 1.807) is 26.0 Å². The minimum atomic E-state index is -1.56. The lowest BCUT2D eigenvalue weighted by molar-refractivity contribution is -0.184. The van der Waals surface area contributed by atoms with Gasteiger partial charge in [0.15, 0.2) is 0 Å². The number of carbonyl (C=O) groups is 4. The van der Waals surface area contributed by atoms with Crippen molar-refractivity contribution in [2.75, 3.05) is 11.5 Å². The van der Waals surface area contributed by atoms with E-state index >= 15 is 0 Å². The zero-order valence-electron chi connectivity index (χ0n) is 16.1. The smallest absolute Gasteiger partial charge is 0.335 e. The lowest BCUT2D eigenvalue weighted by atomic mass is 9.57. The minimum absolute atomic E-state index is 0.141. The maximum Gasteiger partial charge on any atom is 0.335 e. The highest BCUT2D eigenvalue weighted by molar-refractivity contribution is 6.25. The second-order valence-corrected chi connectivity index (χ2v) is 7.61. The Kier molecular flexibility index (Phi) is 3.96. The molecule has 3 heterocycles. The Morgan fingerprint density at radius 1 is 1.18 bits per heavy atom. The van der Waals surface area contributed by atoms with Gasteiger partial charge in [-0.3, -0.25) is 14.4 Å². The van der Waals surface area contributed by atoms with Crippen LogP contribution in [0.1, 0.15) is 26.3 Å². The molecule has 0 saturated carbocycles. The molecule has 0 N–H and O–H groups in total. The fourth-order valence-electron chi connectivity index (χ4n) is 4.84. The van der Waals surface area contributed by atoms with Gasteiger partial charge >= 0.3 is 11.9 Å². The van der Waals surface area contributed by atoms with Crippen molar-refractivity contribution in [2.45, 2.75) is 33.8 Å². The van der Waals surface area contributed by atoms with Gasteiger partial charge in [-0.2, -0.15) is 0 Å². The molecule has 4 aliphatic rings. The number of benzene rings is 1. The van der Waals surface area contributed by atoms with E-state index in [0.29, 0.717) is 11.3 Å². The Morgan fingerprint density at radius 2 is 1.86 bits per heavy atom. The van der Waals surface area contributed by atoms with Gasteiger partial charge in [-0.15, -0.1) is 0 Å². The first-order chi connectivity index (χ1) is 13.2. The summed E-state index contributed by atoms with van der Waals surface area (Å²) in [5.41, 5.74) is 0.319. The molecule has 2 amide bonds. The first-order valence-electron chi connectivity index (χ1n) is 9.28. The standard InChI is InChI=1S/C21H21NO6/c1-5-27-19(25)14-11(3)16-13-15(21(14,4)20(26)28-16)18(24)22(17(13)23)12-9-7-6-8-10(12)2/h6-9,13,15-16H,5H2,1-4H3. The second-order valence-electron chi connectivity index (χ2n) is 7.61. The summed E-state index contributed by atoms with van der Waals surface area (Å²) >= 11 is 0. The number of amides is 2. The van der Waals surface area contributed by atoms with Crippen molar-refractivity contribution in [3.05, 3.63) is 41.0 Å². The van der Waals surface area contributed by atoms with E-state index < -0.39 is 47.1 Å². The average Bonchev–Trinajstić information content (AvgIpc) is 2.90. The van der Waals surface area contributed by atoms with Gasteiger partial charge in [-0.25, -0.2) is 9.69 Å². The predicted octanol–water partition coefficient (Wildman–Crippen LogP) is 1.93. The van der Waals surface area contributed by atoms with Crippen LogP contribution in [0, 0.1) is 24.2 Å². The van der Waals surface area contributed by atoms with E-state index in [0.717, 1.165) is 10.5 Å². The first kappa shape index (κ1) is 18.4. The number of fused-ring (bicyclic) bond motifs is 1. The van der Waals surface area contributed by atoms with Gasteiger partial charge in [0.2, 0.25) is 11.8 Å². The number of imide groups is 1. The van der Waals surface area contributed by atoms with E-state index in [9.17, 15) is 19.2 Å². The molecule has 146 valence electrons. The van der Waals surface area contributed by atoms with Gasteiger partial charge < -0.3 is 9.47 Å². The van der Waals surface area contributed by atoms with Crippen LogP contribution in [0.15, 0.2) is 35.4 Å². The van der Waals surface area contributed by atoms with Crippen molar-refractivity contribution in [1.82, 2.24) is 0 Å². The summed E-state index contributed by atoms with van der Waals surface area (Å²) in [6.45, 7) is 6.78. The third-order valence-corrected chi connectivity index (χ3v) is 6.13. The van der Waals surface area contributed by atoms with Gasteiger partial charge in [-0.1, -0.05) is 18.2 Å². The van der Waals surface area contributed by atoms with E-state index in [2.05, 4.69) is 0 Å². The predicted molar refractivity (Wildman–Crippen MR) is 98.0 cm³/mol. The van der Waals surface area contributed by atoms with Crippen molar-refractivity contribution in [1.29, 1.82) is 0 Å². The number of hydrogen-bond acceptors (Lipinski definition) is 6. The fourth-order valence-corrected chi connectivity index (χ4v) is 4.84. The van der Waals surface area contributed by atoms with Crippen molar-refractivity contribution in [3.63, 3.8) is 0 Å². The monoisotopic (exact) mass is 383 g/mol. The Labute approximate surface area is 162 Å². The van der Waals surface area contributed by atoms with E-state index in [4.69, 9.17) is 9.47 Å². The van der Waals surface area contributed by atoms with Crippen LogP contribution in [-0.4, -0.2) is 36.5 Å². The van der Waals surface area contributed by atoms with Gasteiger partial charge in [0.05, 0.1) is 29.7 Å². The van der Waals surface area contributed by atoms with Gasteiger partial charge in [-0.05, 0) is 44.9 Å². The molecule has 1 aromatic carbocycles. The van der Waals surface area contributed by atoms with Crippen LogP contribution in [0.5, 0.6) is 0 Å². The molecule has 2 bridgehead atoms. The number of rotatable bonds is 3. The van der Waals surface area contributed by atoms with E-state index in [1.807, 2.05) is 19.1 Å². The van der Waals surface area contributed by atoms with Gasteiger partial charge in [0.1, 0.15) is 11.5 Å². The largest absolute Gasteiger partial charge is 0.463 e. The molecule has 2 saturated heterocycles. The maximum atomic E-state index is 13.4. The molecular formula is C21H21NO6. The van der Waals surface area contributed by atoms with Crippen LogP contribution in [0.2, 0.25) is 0 Å². The molecule has 1 aliphatic carbocycles. The average molecular weight is 383 g/mol. The lowest BCUT2D eigenvalue weighted by Gasteiger charge is -2.48. The number of esters is 2. The highest BCUT2D eigenvalue weighted by Gasteiger charge is 2.71. The second kappa shape index (κ2) is 6.02.